The molecule has 1 heterocycles. The predicted octanol–water partition coefficient (Wildman–Crippen LogP) is 4.05. The second kappa shape index (κ2) is 6.74. The Bertz CT molecular complexity index is 803. The third kappa shape index (κ3) is 3.20. The number of thiophene rings is 1. The maximum absolute atomic E-state index is 12.5. The Hall–Kier alpha value is -1.16. The summed E-state index contributed by atoms with van der Waals surface area (Å²) in [6.07, 6.45) is 0.767. The average Bonchev–Trinajstić information content (AvgIpc) is 2.89. The maximum Gasteiger partial charge on any atom is 0.150 e. The molecule has 101 valence electrons. The van der Waals surface area contributed by atoms with Crippen LogP contribution in [-0.4, -0.2) is 12.1 Å². The SMILES string of the molecule is Cc1ccc2c(C(=O)c3ccc(C=O)cc3)[c-]sc2c1.[Y]. The summed E-state index contributed by atoms with van der Waals surface area (Å²) < 4.78 is 1.07. The van der Waals surface area contributed by atoms with Crippen LogP contribution in [0.25, 0.3) is 10.1 Å². The van der Waals surface area contributed by atoms with Gasteiger partial charge in [0.15, 0.2) is 0 Å². The monoisotopic (exact) mass is 368 g/mol. The van der Waals surface area contributed by atoms with E-state index in [0.29, 0.717) is 16.7 Å². The summed E-state index contributed by atoms with van der Waals surface area (Å²) in [6.45, 7) is 2.03. The minimum atomic E-state index is -0.0578. The molecule has 4 heteroatoms. The summed E-state index contributed by atoms with van der Waals surface area (Å²) in [6, 6.07) is 12.7. The van der Waals surface area contributed by atoms with Crippen molar-refractivity contribution in [3.63, 3.8) is 0 Å². The second-order valence-corrected chi connectivity index (χ2v) is 5.50. The third-order valence-electron chi connectivity index (χ3n) is 3.21. The van der Waals surface area contributed by atoms with Gasteiger partial charge in [-0.05, 0) is 12.5 Å². The Morgan fingerprint density at radius 1 is 1.14 bits per heavy atom. The Balaban J connectivity index is 0.00000161. The molecule has 1 aromatic heterocycles. The van der Waals surface area contributed by atoms with E-state index in [1.165, 1.54) is 16.9 Å². The Morgan fingerprint density at radius 2 is 1.86 bits per heavy atom. The molecule has 0 unspecified atom stereocenters. The van der Waals surface area contributed by atoms with E-state index in [-0.39, 0.29) is 38.5 Å². The van der Waals surface area contributed by atoms with Crippen molar-refractivity contribution in [2.24, 2.45) is 0 Å². The zero-order chi connectivity index (χ0) is 14.1. The number of aldehydes is 1. The number of rotatable bonds is 3. The van der Waals surface area contributed by atoms with Crippen molar-refractivity contribution in [2.45, 2.75) is 6.92 Å². The number of carbonyl (C=O) groups is 2. The minimum Gasteiger partial charge on any atom is -0.346 e. The van der Waals surface area contributed by atoms with Gasteiger partial charge < -0.3 is 4.79 Å². The van der Waals surface area contributed by atoms with Crippen molar-refractivity contribution in [3.05, 3.63) is 70.1 Å². The van der Waals surface area contributed by atoms with Crippen molar-refractivity contribution in [1.29, 1.82) is 0 Å². The van der Waals surface area contributed by atoms with Gasteiger partial charge in [-0.2, -0.15) is 0 Å². The normalized spacial score (nSPS) is 10.1. The molecule has 2 nitrogen and oxygen atoms in total. The fourth-order valence-electron chi connectivity index (χ4n) is 2.11. The van der Waals surface area contributed by atoms with Crippen LogP contribution in [0.2, 0.25) is 0 Å². The van der Waals surface area contributed by atoms with Crippen LogP contribution in [0.5, 0.6) is 0 Å². The van der Waals surface area contributed by atoms with E-state index in [1.807, 2.05) is 19.1 Å². The number of carbonyl (C=O) groups excluding carboxylic acids is 2. The van der Waals surface area contributed by atoms with Crippen molar-refractivity contribution >= 4 is 33.5 Å². The van der Waals surface area contributed by atoms with E-state index in [9.17, 15) is 9.59 Å². The van der Waals surface area contributed by atoms with E-state index in [4.69, 9.17) is 0 Å². The zero-order valence-electron chi connectivity index (χ0n) is 11.4. The van der Waals surface area contributed by atoms with E-state index < -0.39 is 0 Å². The van der Waals surface area contributed by atoms with Crippen LogP contribution in [0.3, 0.4) is 0 Å². The first kappa shape index (κ1) is 16.2. The summed E-state index contributed by atoms with van der Waals surface area (Å²) in [4.78, 5) is 23.1. The van der Waals surface area contributed by atoms with Crippen LogP contribution in [0.4, 0.5) is 0 Å². The molecule has 1 radical (unpaired) electrons. The largest absolute Gasteiger partial charge is 0.346 e. The Labute approximate surface area is 152 Å². The molecule has 3 rings (SSSR count). The zero-order valence-corrected chi connectivity index (χ0v) is 15.1. The fraction of sp³-hybridized carbons (Fsp3) is 0.0588. The van der Waals surface area contributed by atoms with Crippen LogP contribution < -0.4 is 0 Å². The first-order valence-corrected chi connectivity index (χ1v) is 7.01. The standard InChI is InChI=1S/C17H11O2S.Y/c1-11-2-7-14-15(10-20-16(14)8-11)17(19)13-5-3-12(9-18)4-6-13;/h2-9H,1H3;/q-1;. The van der Waals surface area contributed by atoms with Gasteiger partial charge >= 0.3 is 0 Å². The fourth-order valence-corrected chi connectivity index (χ4v) is 3.05. The molecule has 0 bridgehead atoms. The Morgan fingerprint density at radius 3 is 2.52 bits per heavy atom. The van der Waals surface area contributed by atoms with Gasteiger partial charge in [0.2, 0.25) is 0 Å². The predicted molar refractivity (Wildman–Crippen MR) is 80.7 cm³/mol. The number of ketones is 1. The molecule has 0 aliphatic carbocycles. The molecule has 0 spiro atoms. The van der Waals surface area contributed by atoms with E-state index in [0.717, 1.165) is 16.4 Å². The molecule has 3 aromatic rings. The average molecular weight is 368 g/mol. The van der Waals surface area contributed by atoms with Gasteiger partial charge in [-0.25, -0.2) is 0 Å². The molecular weight excluding hydrogens is 357 g/mol. The van der Waals surface area contributed by atoms with E-state index >= 15 is 0 Å². The molecule has 0 fully saturated rings. The van der Waals surface area contributed by atoms with Crippen LogP contribution in [0.15, 0.2) is 42.5 Å². The van der Waals surface area contributed by atoms with Gasteiger partial charge in [-0.1, -0.05) is 57.6 Å². The van der Waals surface area contributed by atoms with Crippen molar-refractivity contribution in [3.8, 4) is 0 Å². The minimum absolute atomic E-state index is 0. The van der Waals surface area contributed by atoms with Crippen LogP contribution >= 0.6 is 11.3 Å². The maximum atomic E-state index is 12.5. The summed E-state index contributed by atoms with van der Waals surface area (Å²) in [5.74, 6) is -0.0578. The first-order chi connectivity index (χ1) is 9.69. The van der Waals surface area contributed by atoms with Gasteiger partial charge in [0.1, 0.15) is 12.1 Å². The summed E-state index contributed by atoms with van der Waals surface area (Å²) in [5, 5.41) is 4.03. The second-order valence-electron chi connectivity index (χ2n) is 4.65. The molecule has 0 aliphatic heterocycles. The number of benzene rings is 2. The van der Waals surface area contributed by atoms with Crippen molar-refractivity contribution in [1.82, 2.24) is 0 Å². The molecular formula is C17H11O2SY-. The number of hydrogen-bond acceptors (Lipinski definition) is 3. The molecule has 0 saturated carbocycles. The van der Waals surface area contributed by atoms with Crippen LogP contribution in [-0.2, 0) is 32.7 Å². The van der Waals surface area contributed by atoms with E-state index in [2.05, 4.69) is 11.4 Å². The number of fused-ring (bicyclic) bond motifs is 1. The van der Waals surface area contributed by atoms with Gasteiger partial charge in [0, 0.05) is 38.3 Å². The summed E-state index contributed by atoms with van der Waals surface area (Å²) >= 11 is 1.46. The smallest absolute Gasteiger partial charge is 0.150 e. The van der Waals surface area contributed by atoms with Gasteiger partial charge in [-0.3, -0.25) is 16.1 Å². The molecule has 21 heavy (non-hydrogen) atoms. The molecule has 0 N–H and O–H groups in total. The van der Waals surface area contributed by atoms with Crippen molar-refractivity contribution in [2.75, 3.05) is 0 Å². The quantitative estimate of drug-likeness (QED) is 0.397. The summed E-state index contributed by atoms with van der Waals surface area (Å²) in [7, 11) is 0. The van der Waals surface area contributed by atoms with Gasteiger partial charge in [0.25, 0.3) is 0 Å². The summed E-state index contributed by atoms with van der Waals surface area (Å²) in [5.41, 5.74) is 2.91. The molecule has 0 aliphatic rings. The van der Waals surface area contributed by atoms with Crippen molar-refractivity contribution < 1.29 is 42.3 Å². The number of aryl methyl sites for hydroxylation is 1. The molecule has 0 amide bonds. The molecule has 2 aromatic carbocycles. The Kier molecular flexibility index (Phi) is 5.20. The van der Waals surface area contributed by atoms with Crippen LogP contribution in [0, 0.1) is 12.3 Å². The topological polar surface area (TPSA) is 34.1 Å². The molecule has 0 atom stereocenters. The van der Waals surface area contributed by atoms with E-state index in [1.54, 1.807) is 24.3 Å². The van der Waals surface area contributed by atoms with Crippen LogP contribution in [0.1, 0.15) is 31.8 Å². The van der Waals surface area contributed by atoms with Gasteiger partial charge in [0.05, 0.1) is 0 Å². The molecule has 0 saturated heterocycles. The third-order valence-corrected chi connectivity index (χ3v) is 4.07. The number of hydrogen-bond donors (Lipinski definition) is 0. The van der Waals surface area contributed by atoms with Gasteiger partial charge in [-0.15, -0.1) is 11.5 Å². The first-order valence-electron chi connectivity index (χ1n) is 6.20.